The summed E-state index contributed by atoms with van der Waals surface area (Å²) in [5, 5.41) is 10.5. The molecular weight excluding hydrogens is 306 g/mol. The summed E-state index contributed by atoms with van der Waals surface area (Å²) in [6.07, 6.45) is -0.288. The molecule has 0 aromatic heterocycles. The number of benzene rings is 1. The predicted molar refractivity (Wildman–Crippen MR) is 90.4 cm³/mol. The minimum Gasteiger partial charge on any atom is -0.496 e. The molecule has 0 unspecified atom stereocenters. The van der Waals surface area contributed by atoms with Crippen molar-refractivity contribution >= 4 is 12.4 Å². The van der Waals surface area contributed by atoms with Crippen molar-refractivity contribution in [3.63, 3.8) is 0 Å². The Balaban J connectivity index is 0.00000441. The number of halogens is 1. The zero-order chi connectivity index (χ0) is 16.2. The number of aliphatic hydroxyl groups is 1. The molecule has 0 fully saturated rings. The van der Waals surface area contributed by atoms with E-state index in [0.717, 1.165) is 0 Å². The maximum atomic E-state index is 10.5. The number of rotatable bonds is 6. The molecule has 2 atom stereocenters. The summed E-state index contributed by atoms with van der Waals surface area (Å²) in [5.41, 5.74) is 6.72. The lowest BCUT2D eigenvalue weighted by Gasteiger charge is -2.29. The van der Waals surface area contributed by atoms with Crippen LogP contribution < -0.4 is 19.9 Å². The number of methoxy groups -OCH3 is 3. The Bertz CT molecular complexity index is 474. The van der Waals surface area contributed by atoms with E-state index < -0.39 is 6.10 Å². The van der Waals surface area contributed by atoms with E-state index in [0.29, 0.717) is 29.2 Å². The van der Waals surface area contributed by atoms with E-state index in [4.69, 9.17) is 19.9 Å². The van der Waals surface area contributed by atoms with E-state index in [2.05, 4.69) is 20.8 Å². The summed E-state index contributed by atoms with van der Waals surface area (Å²) < 4.78 is 15.9. The molecule has 5 nitrogen and oxygen atoms in total. The Morgan fingerprint density at radius 1 is 1.00 bits per heavy atom. The summed E-state index contributed by atoms with van der Waals surface area (Å²) in [7, 11) is 4.67. The third-order valence-electron chi connectivity index (χ3n) is 3.68. The van der Waals surface area contributed by atoms with Gasteiger partial charge in [0.25, 0.3) is 0 Å². The van der Waals surface area contributed by atoms with Crippen LogP contribution in [0.2, 0.25) is 0 Å². The van der Waals surface area contributed by atoms with Gasteiger partial charge in [-0.2, -0.15) is 0 Å². The monoisotopic (exact) mass is 333 g/mol. The molecule has 0 heterocycles. The van der Waals surface area contributed by atoms with Gasteiger partial charge in [0.2, 0.25) is 0 Å². The molecule has 0 aliphatic rings. The summed E-state index contributed by atoms with van der Waals surface area (Å²) >= 11 is 0. The van der Waals surface area contributed by atoms with Crippen molar-refractivity contribution in [2.45, 2.75) is 39.3 Å². The molecule has 0 amide bonds. The molecule has 1 aromatic carbocycles. The fourth-order valence-electron chi connectivity index (χ4n) is 2.03. The van der Waals surface area contributed by atoms with Crippen molar-refractivity contribution in [3.05, 3.63) is 17.7 Å². The van der Waals surface area contributed by atoms with Gasteiger partial charge in [-0.1, -0.05) is 20.8 Å². The highest BCUT2D eigenvalue weighted by Gasteiger charge is 2.26. The van der Waals surface area contributed by atoms with Crippen LogP contribution in [-0.2, 0) is 0 Å². The van der Waals surface area contributed by atoms with Gasteiger partial charge in [0.1, 0.15) is 5.75 Å². The quantitative estimate of drug-likeness (QED) is 0.837. The lowest BCUT2D eigenvalue weighted by Crippen LogP contribution is -2.36. The lowest BCUT2D eigenvalue weighted by molar-refractivity contribution is 0.130. The Kier molecular flexibility index (Phi) is 8.01. The molecule has 0 saturated heterocycles. The molecule has 0 aliphatic heterocycles. The minimum absolute atomic E-state index is 0. The van der Waals surface area contributed by atoms with Crippen LogP contribution in [0, 0.1) is 5.41 Å². The highest BCUT2D eigenvalue weighted by Crippen LogP contribution is 2.39. The molecule has 1 aromatic rings. The largest absolute Gasteiger partial charge is 0.496 e. The molecule has 0 aliphatic carbocycles. The Labute approximate surface area is 139 Å². The van der Waals surface area contributed by atoms with E-state index in [9.17, 15) is 5.11 Å². The molecule has 3 N–H and O–H groups in total. The molecule has 22 heavy (non-hydrogen) atoms. The van der Waals surface area contributed by atoms with Crippen LogP contribution in [0.3, 0.4) is 0 Å². The van der Waals surface area contributed by atoms with E-state index >= 15 is 0 Å². The van der Waals surface area contributed by atoms with E-state index in [1.54, 1.807) is 33.5 Å². The van der Waals surface area contributed by atoms with Crippen LogP contribution >= 0.6 is 12.4 Å². The first-order valence-electron chi connectivity index (χ1n) is 6.98. The van der Waals surface area contributed by atoms with Crippen LogP contribution in [0.15, 0.2) is 12.1 Å². The lowest BCUT2D eigenvalue weighted by atomic mass is 9.83. The van der Waals surface area contributed by atoms with E-state index in [1.165, 1.54) is 0 Å². The Morgan fingerprint density at radius 2 is 1.45 bits per heavy atom. The maximum Gasteiger partial charge on any atom is 0.164 e. The summed E-state index contributed by atoms with van der Waals surface area (Å²) in [4.78, 5) is 0. The highest BCUT2D eigenvalue weighted by atomic mass is 35.5. The summed E-state index contributed by atoms with van der Waals surface area (Å²) in [6.45, 7) is 6.16. The number of aliphatic hydroxyl groups excluding tert-OH is 1. The molecule has 128 valence electrons. The van der Waals surface area contributed by atoms with Crippen LogP contribution in [0.4, 0.5) is 0 Å². The molecule has 0 saturated carbocycles. The third-order valence-corrected chi connectivity index (χ3v) is 3.68. The Hall–Kier alpha value is -1.17. The Morgan fingerprint density at radius 3 is 1.86 bits per heavy atom. The van der Waals surface area contributed by atoms with Gasteiger partial charge in [0, 0.05) is 17.7 Å². The van der Waals surface area contributed by atoms with Gasteiger partial charge >= 0.3 is 0 Å². The number of hydrogen-bond acceptors (Lipinski definition) is 5. The van der Waals surface area contributed by atoms with Gasteiger partial charge in [-0.3, -0.25) is 0 Å². The molecule has 6 heteroatoms. The number of ether oxygens (including phenoxy) is 3. The van der Waals surface area contributed by atoms with Gasteiger partial charge in [-0.15, -0.1) is 12.4 Å². The summed E-state index contributed by atoms with van der Waals surface area (Å²) in [6, 6.07) is 3.31. The number of hydrogen-bond donors (Lipinski definition) is 2. The fraction of sp³-hybridized carbons (Fsp3) is 0.625. The molecular formula is C16H28ClNO4. The normalized spacial score (nSPS) is 13.8. The van der Waals surface area contributed by atoms with Crippen molar-refractivity contribution in [2.75, 3.05) is 21.3 Å². The predicted octanol–water partition coefficient (Wildman–Crippen LogP) is 2.93. The van der Waals surface area contributed by atoms with Crippen LogP contribution in [0.5, 0.6) is 17.2 Å². The minimum atomic E-state index is -0.728. The van der Waals surface area contributed by atoms with Crippen molar-refractivity contribution in [2.24, 2.45) is 11.1 Å². The molecule has 0 bridgehead atoms. The maximum absolute atomic E-state index is 10.5. The second kappa shape index (κ2) is 8.46. The van der Waals surface area contributed by atoms with Crippen LogP contribution in [0.25, 0.3) is 0 Å². The smallest absolute Gasteiger partial charge is 0.164 e. The van der Waals surface area contributed by atoms with E-state index in [1.807, 2.05) is 0 Å². The third kappa shape index (κ3) is 4.93. The second-order valence-corrected chi connectivity index (χ2v) is 6.17. The van der Waals surface area contributed by atoms with Crippen molar-refractivity contribution in [1.29, 1.82) is 0 Å². The van der Waals surface area contributed by atoms with Gasteiger partial charge in [0.05, 0.1) is 27.4 Å². The fourth-order valence-corrected chi connectivity index (χ4v) is 2.03. The average Bonchev–Trinajstić information content (AvgIpc) is 2.44. The molecule has 1 rings (SSSR count). The standard InChI is InChI=1S/C16H27NO4.ClH/c1-16(2,3)15(17)8-11(18)10-7-13(20-5)14(21-6)9-12(10)19-4;/h7,9,11,15,18H,8,17H2,1-6H3;1H/t11-,15-;/m0./s1. The zero-order valence-corrected chi connectivity index (χ0v) is 15.0. The first kappa shape index (κ1) is 20.8. The van der Waals surface area contributed by atoms with Crippen LogP contribution in [-0.4, -0.2) is 32.5 Å². The topological polar surface area (TPSA) is 73.9 Å². The average molecular weight is 334 g/mol. The molecule has 0 radical (unpaired) electrons. The second-order valence-electron chi connectivity index (χ2n) is 6.17. The highest BCUT2D eigenvalue weighted by molar-refractivity contribution is 5.85. The SMILES string of the molecule is COc1cc(OC)c([C@@H](O)C[C@H](N)C(C)(C)C)cc1OC.Cl. The van der Waals surface area contributed by atoms with Crippen LogP contribution in [0.1, 0.15) is 38.9 Å². The van der Waals surface area contributed by atoms with Gasteiger partial charge < -0.3 is 25.1 Å². The van der Waals surface area contributed by atoms with Crippen molar-refractivity contribution in [1.82, 2.24) is 0 Å². The first-order valence-corrected chi connectivity index (χ1v) is 6.98. The first-order chi connectivity index (χ1) is 9.74. The summed E-state index contributed by atoms with van der Waals surface area (Å²) in [5.74, 6) is 1.67. The zero-order valence-electron chi connectivity index (χ0n) is 14.2. The van der Waals surface area contributed by atoms with Crippen molar-refractivity contribution in [3.8, 4) is 17.2 Å². The van der Waals surface area contributed by atoms with Gasteiger partial charge in [0.15, 0.2) is 11.5 Å². The van der Waals surface area contributed by atoms with Gasteiger partial charge in [-0.05, 0) is 17.9 Å². The number of nitrogens with two attached hydrogens (primary N) is 1. The van der Waals surface area contributed by atoms with Crippen molar-refractivity contribution < 1.29 is 19.3 Å². The van der Waals surface area contributed by atoms with Gasteiger partial charge in [-0.25, -0.2) is 0 Å². The molecule has 0 spiro atoms. The van der Waals surface area contributed by atoms with E-state index in [-0.39, 0.29) is 23.9 Å².